The van der Waals surface area contributed by atoms with E-state index in [1.54, 1.807) is 23.5 Å². The molecule has 0 saturated carbocycles. The van der Waals surface area contributed by atoms with Crippen LogP contribution in [0.1, 0.15) is 26.3 Å². The highest BCUT2D eigenvalue weighted by Gasteiger charge is 2.17. The number of methoxy groups -OCH3 is 1. The highest BCUT2D eigenvalue weighted by Crippen LogP contribution is 2.37. The maximum absolute atomic E-state index is 13.7. The number of hydrogen-bond acceptors (Lipinski definition) is 2. The van der Waals surface area contributed by atoms with Crippen molar-refractivity contribution in [3.05, 3.63) is 51.0 Å². The lowest BCUT2D eigenvalue weighted by Gasteiger charge is -2.11. The van der Waals surface area contributed by atoms with Crippen LogP contribution in [0.3, 0.4) is 0 Å². The molecule has 1 heterocycles. The minimum Gasteiger partial charge on any atom is -0.494 e. The molecule has 0 saturated heterocycles. The molecule has 0 fully saturated rings. The molecular formula is C14H14ClFOS. The van der Waals surface area contributed by atoms with E-state index in [1.807, 2.05) is 13.8 Å². The van der Waals surface area contributed by atoms with Crippen molar-refractivity contribution < 1.29 is 9.13 Å². The topological polar surface area (TPSA) is 9.23 Å². The van der Waals surface area contributed by atoms with E-state index >= 15 is 0 Å². The summed E-state index contributed by atoms with van der Waals surface area (Å²) in [6.07, 6.45) is 0. The largest absolute Gasteiger partial charge is 0.494 e. The van der Waals surface area contributed by atoms with Crippen LogP contribution in [-0.2, 0) is 0 Å². The van der Waals surface area contributed by atoms with Gasteiger partial charge in [-0.1, -0.05) is 6.07 Å². The Morgan fingerprint density at radius 3 is 2.50 bits per heavy atom. The summed E-state index contributed by atoms with van der Waals surface area (Å²) in [6.45, 7) is 4.06. The summed E-state index contributed by atoms with van der Waals surface area (Å²) in [6, 6.07) is 6.93. The zero-order valence-electron chi connectivity index (χ0n) is 10.5. The SMILES string of the molecule is COc1ccc(C(Cl)c2sc(C)cc2C)cc1F. The van der Waals surface area contributed by atoms with Crippen LogP contribution in [0.15, 0.2) is 24.3 Å². The van der Waals surface area contributed by atoms with E-state index in [4.69, 9.17) is 16.3 Å². The molecule has 2 aromatic rings. The Hall–Kier alpha value is -1.06. The van der Waals surface area contributed by atoms with Crippen LogP contribution < -0.4 is 4.74 Å². The Balaban J connectivity index is 2.37. The van der Waals surface area contributed by atoms with Gasteiger partial charge in [0.25, 0.3) is 0 Å². The van der Waals surface area contributed by atoms with E-state index in [1.165, 1.54) is 18.1 Å². The zero-order chi connectivity index (χ0) is 13.3. The smallest absolute Gasteiger partial charge is 0.165 e. The first-order valence-corrected chi connectivity index (χ1v) is 6.82. The van der Waals surface area contributed by atoms with Crippen LogP contribution >= 0.6 is 22.9 Å². The Bertz CT molecular complexity index is 565. The van der Waals surface area contributed by atoms with Gasteiger partial charge in [0.15, 0.2) is 11.6 Å². The Labute approximate surface area is 115 Å². The molecule has 0 N–H and O–H groups in total. The fraction of sp³-hybridized carbons (Fsp3) is 0.286. The first kappa shape index (κ1) is 13.4. The molecule has 0 spiro atoms. The van der Waals surface area contributed by atoms with Gasteiger partial charge in [0, 0.05) is 9.75 Å². The Morgan fingerprint density at radius 2 is 2.00 bits per heavy atom. The predicted molar refractivity (Wildman–Crippen MR) is 74.4 cm³/mol. The summed E-state index contributed by atoms with van der Waals surface area (Å²) in [7, 11) is 1.45. The number of thiophene rings is 1. The Kier molecular flexibility index (Phi) is 3.93. The lowest BCUT2D eigenvalue weighted by Crippen LogP contribution is -1.95. The molecule has 18 heavy (non-hydrogen) atoms. The molecule has 4 heteroatoms. The van der Waals surface area contributed by atoms with Gasteiger partial charge in [-0.3, -0.25) is 0 Å². The summed E-state index contributed by atoms with van der Waals surface area (Å²) in [5.41, 5.74) is 1.90. The molecule has 1 atom stereocenters. The van der Waals surface area contributed by atoms with Gasteiger partial charge >= 0.3 is 0 Å². The summed E-state index contributed by atoms with van der Waals surface area (Å²) in [5, 5.41) is -0.316. The van der Waals surface area contributed by atoms with Crippen molar-refractivity contribution in [2.24, 2.45) is 0 Å². The number of aryl methyl sites for hydroxylation is 2. The van der Waals surface area contributed by atoms with Gasteiger partial charge in [0.2, 0.25) is 0 Å². The quantitative estimate of drug-likeness (QED) is 0.733. The van der Waals surface area contributed by atoms with Crippen LogP contribution in [0.4, 0.5) is 4.39 Å². The van der Waals surface area contributed by atoms with Crippen LogP contribution in [-0.4, -0.2) is 7.11 Å². The van der Waals surface area contributed by atoms with Crippen molar-refractivity contribution >= 4 is 22.9 Å². The third-order valence-corrected chi connectivity index (χ3v) is 4.60. The van der Waals surface area contributed by atoms with E-state index in [0.29, 0.717) is 0 Å². The van der Waals surface area contributed by atoms with Crippen molar-refractivity contribution in [3.8, 4) is 5.75 Å². The molecule has 0 aliphatic rings. The highest BCUT2D eigenvalue weighted by molar-refractivity contribution is 7.12. The number of rotatable bonds is 3. The maximum atomic E-state index is 13.7. The normalized spacial score (nSPS) is 12.5. The summed E-state index contributed by atoms with van der Waals surface area (Å²) in [4.78, 5) is 2.28. The highest BCUT2D eigenvalue weighted by atomic mass is 35.5. The van der Waals surface area contributed by atoms with E-state index in [2.05, 4.69) is 6.07 Å². The van der Waals surface area contributed by atoms with Crippen LogP contribution in [0, 0.1) is 19.7 Å². The average molecular weight is 285 g/mol. The van der Waals surface area contributed by atoms with E-state index < -0.39 is 0 Å². The van der Waals surface area contributed by atoms with Gasteiger partial charge in [-0.2, -0.15) is 0 Å². The van der Waals surface area contributed by atoms with Crippen LogP contribution in [0.25, 0.3) is 0 Å². The lowest BCUT2D eigenvalue weighted by molar-refractivity contribution is 0.386. The average Bonchev–Trinajstić information content (AvgIpc) is 2.67. The van der Waals surface area contributed by atoms with Crippen molar-refractivity contribution in [1.82, 2.24) is 0 Å². The lowest BCUT2D eigenvalue weighted by atomic mass is 10.1. The molecule has 96 valence electrons. The van der Waals surface area contributed by atoms with Crippen molar-refractivity contribution in [2.75, 3.05) is 7.11 Å². The van der Waals surface area contributed by atoms with E-state index in [9.17, 15) is 4.39 Å². The molecular weight excluding hydrogens is 271 g/mol. The molecule has 0 radical (unpaired) electrons. The third-order valence-electron chi connectivity index (χ3n) is 2.78. The summed E-state index contributed by atoms with van der Waals surface area (Å²) >= 11 is 8.07. The minimum atomic E-state index is -0.383. The monoisotopic (exact) mass is 284 g/mol. The van der Waals surface area contributed by atoms with E-state index in [-0.39, 0.29) is 16.9 Å². The predicted octanol–water partition coefficient (Wildman–Crippen LogP) is 4.84. The first-order valence-electron chi connectivity index (χ1n) is 5.57. The molecule has 1 aromatic carbocycles. The van der Waals surface area contributed by atoms with Gasteiger partial charge in [0.05, 0.1) is 12.5 Å². The molecule has 2 rings (SSSR count). The Morgan fingerprint density at radius 1 is 1.28 bits per heavy atom. The second-order valence-corrected chi connectivity index (χ2v) is 5.89. The van der Waals surface area contributed by atoms with Gasteiger partial charge in [-0.15, -0.1) is 22.9 Å². The molecule has 1 aromatic heterocycles. The van der Waals surface area contributed by atoms with E-state index in [0.717, 1.165) is 16.0 Å². The van der Waals surface area contributed by atoms with Crippen molar-refractivity contribution in [3.63, 3.8) is 0 Å². The van der Waals surface area contributed by atoms with Crippen molar-refractivity contribution in [2.45, 2.75) is 19.2 Å². The fourth-order valence-electron chi connectivity index (χ4n) is 1.90. The zero-order valence-corrected chi connectivity index (χ0v) is 12.0. The number of ether oxygens (including phenoxy) is 1. The van der Waals surface area contributed by atoms with Crippen molar-refractivity contribution in [1.29, 1.82) is 0 Å². The van der Waals surface area contributed by atoms with Gasteiger partial charge in [-0.05, 0) is 43.2 Å². The fourth-order valence-corrected chi connectivity index (χ4v) is 3.39. The number of halogens is 2. The molecule has 1 nitrogen and oxygen atoms in total. The number of benzene rings is 1. The first-order chi connectivity index (χ1) is 8.52. The number of alkyl halides is 1. The summed E-state index contributed by atoms with van der Waals surface area (Å²) < 4.78 is 18.5. The van der Waals surface area contributed by atoms with Gasteiger partial charge < -0.3 is 4.74 Å². The molecule has 0 bridgehead atoms. The second-order valence-electron chi connectivity index (χ2n) is 4.16. The molecule has 0 aliphatic carbocycles. The van der Waals surface area contributed by atoms with Crippen LogP contribution in [0.2, 0.25) is 0 Å². The summed E-state index contributed by atoms with van der Waals surface area (Å²) in [5.74, 6) is -0.145. The van der Waals surface area contributed by atoms with Gasteiger partial charge in [-0.25, -0.2) is 4.39 Å². The third kappa shape index (κ3) is 2.52. The molecule has 0 amide bonds. The maximum Gasteiger partial charge on any atom is 0.165 e. The van der Waals surface area contributed by atoms with Crippen LogP contribution in [0.5, 0.6) is 5.75 Å². The second kappa shape index (κ2) is 5.29. The minimum absolute atomic E-state index is 0.238. The number of hydrogen-bond donors (Lipinski definition) is 0. The molecule has 1 unspecified atom stereocenters. The standard InChI is InChI=1S/C14H14ClFOS/c1-8-6-9(2)18-14(8)13(15)10-4-5-12(17-3)11(16)7-10/h4-7,13H,1-3H3. The molecule has 0 aliphatic heterocycles. The van der Waals surface area contributed by atoms with Gasteiger partial charge in [0.1, 0.15) is 0 Å².